The standard InChI is InChI=1S/C19H21N3O2S/c1-13-4-3-5-16-18(13)20-12-22(19(16)24)8-6-17(23)21-14(2)10-15-7-9-25-11-15/h3-5,7,9,11-12,14H,6,8,10H2,1-2H3,(H,21,23). The van der Waals surface area contributed by atoms with Crippen LogP contribution in [0.4, 0.5) is 0 Å². The fourth-order valence-electron chi connectivity index (χ4n) is 2.88. The fourth-order valence-corrected chi connectivity index (χ4v) is 3.56. The highest BCUT2D eigenvalue weighted by molar-refractivity contribution is 7.07. The average Bonchev–Trinajstić information content (AvgIpc) is 3.07. The van der Waals surface area contributed by atoms with Gasteiger partial charge < -0.3 is 5.32 Å². The van der Waals surface area contributed by atoms with Gasteiger partial charge in [-0.15, -0.1) is 0 Å². The lowest BCUT2D eigenvalue weighted by Gasteiger charge is -2.13. The lowest BCUT2D eigenvalue weighted by atomic mass is 10.1. The molecule has 0 radical (unpaired) electrons. The second-order valence-corrected chi connectivity index (χ2v) is 7.05. The minimum absolute atomic E-state index is 0.0565. The summed E-state index contributed by atoms with van der Waals surface area (Å²) in [5.74, 6) is -0.0565. The molecule has 1 atom stereocenters. The van der Waals surface area contributed by atoms with Gasteiger partial charge in [-0.3, -0.25) is 14.2 Å². The molecule has 0 aliphatic heterocycles. The van der Waals surface area contributed by atoms with E-state index >= 15 is 0 Å². The van der Waals surface area contributed by atoms with Crippen LogP contribution in [0.2, 0.25) is 0 Å². The van der Waals surface area contributed by atoms with Crippen molar-refractivity contribution in [2.24, 2.45) is 0 Å². The first-order chi connectivity index (χ1) is 12.0. The Hall–Kier alpha value is -2.47. The number of fused-ring (bicyclic) bond motifs is 1. The Morgan fingerprint density at radius 3 is 2.96 bits per heavy atom. The fraction of sp³-hybridized carbons (Fsp3) is 0.316. The molecule has 25 heavy (non-hydrogen) atoms. The molecule has 0 aliphatic carbocycles. The molecule has 0 fully saturated rings. The van der Waals surface area contributed by atoms with Gasteiger partial charge in [0.15, 0.2) is 0 Å². The Labute approximate surface area is 150 Å². The summed E-state index contributed by atoms with van der Waals surface area (Å²) in [7, 11) is 0. The Bertz CT molecular complexity index is 931. The molecule has 0 bridgehead atoms. The van der Waals surface area contributed by atoms with E-state index in [1.807, 2.05) is 31.4 Å². The zero-order chi connectivity index (χ0) is 17.8. The van der Waals surface area contributed by atoms with Crippen LogP contribution in [0.1, 0.15) is 24.5 Å². The van der Waals surface area contributed by atoms with Crippen molar-refractivity contribution in [3.63, 3.8) is 0 Å². The molecule has 0 spiro atoms. The maximum atomic E-state index is 12.5. The van der Waals surface area contributed by atoms with Gasteiger partial charge in [0.1, 0.15) is 0 Å². The average molecular weight is 355 g/mol. The Kier molecular flexibility index (Phi) is 5.28. The summed E-state index contributed by atoms with van der Waals surface area (Å²) >= 11 is 1.65. The maximum absolute atomic E-state index is 12.5. The van der Waals surface area contributed by atoms with Crippen LogP contribution in [0.5, 0.6) is 0 Å². The summed E-state index contributed by atoms with van der Waals surface area (Å²) in [6.45, 7) is 4.25. The number of hydrogen-bond donors (Lipinski definition) is 1. The van der Waals surface area contributed by atoms with Crippen LogP contribution in [0, 0.1) is 6.92 Å². The van der Waals surface area contributed by atoms with Crippen molar-refractivity contribution in [3.05, 3.63) is 62.8 Å². The molecule has 2 aromatic heterocycles. The van der Waals surface area contributed by atoms with Crippen molar-refractivity contribution in [2.75, 3.05) is 0 Å². The molecular formula is C19H21N3O2S. The van der Waals surface area contributed by atoms with Crippen LogP contribution in [0.15, 0.2) is 46.1 Å². The van der Waals surface area contributed by atoms with Gasteiger partial charge in [0, 0.05) is 19.0 Å². The zero-order valence-corrected chi connectivity index (χ0v) is 15.2. The first kappa shape index (κ1) is 17.4. The van der Waals surface area contributed by atoms with Gasteiger partial charge in [-0.05, 0) is 54.3 Å². The highest BCUT2D eigenvalue weighted by Crippen LogP contribution is 2.11. The van der Waals surface area contributed by atoms with E-state index in [0.717, 1.165) is 17.5 Å². The summed E-state index contributed by atoms with van der Waals surface area (Å²) in [6, 6.07) is 7.69. The lowest BCUT2D eigenvalue weighted by molar-refractivity contribution is -0.121. The molecule has 2 heterocycles. The number of hydrogen-bond acceptors (Lipinski definition) is 4. The molecule has 130 valence electrons. The number of nitrogens with one attached hydrogen (secondary N) is 1. The molecule has 0 aliphatic rings. The third-order valence-corrected chi connectivity index (χ3v) is 4.90. The molecule has 5 nitrogen and oxygen atoms in total. The molecule has 3 aromatic rings. The molecule has 1 unspecified atom stereocenters. The molecular weight excluding hydrogens is 334 g/mol. The van der Waals surface area contributed by atoms with Gasteiger partial charge in [0.25, 0.3) is 5.56 Å². The number of thiophene rings is 1. The van der Waals surface area contributed by atoms with Crippen molar-refractivity contribution in [1.29, 1.82) is 0 Å². The maximum Gasteiger partial charge on any atom is 0.261 e. The van der Waals surface area contributed by atoms with Crippen LogP contribution in [0.25, 0.3) is 10.9 Å². The third-order valence-electron chi connectivity index (χ3n) is 4.16. The predicted molar refractivity (Wildman–Crippen MR) is 101 cm³/mol. The topological polar surface area (TPSA) is 64.0 Å². The highest BCUT2D eigenvalue weighted by atomic mass is 32.1. The number of para-hydroxylation sites is 1. The smallest absolute Gasteiger partial charge is 0.261 e. The van der Waals surface area contributed by atoms with E-state index in [1.54, 1.807) is 17.4 Å². The van der Waals surface area contributed by atoms with Gasteiger partial charge >= 0.3 is 0 Å². The van der Waals surface area contributed by atoms with E-state index < -0.39 is 0 Å². The van der Waals surface area contributed by atoms with Gasteiger partial charge in [-0.25, -0.2) is 4.98 Å². The van der Waals surface area contributed by atoms with Crippen LogP contribution in [0.3, 0.4) is 0 Å². The van der Waals surface area contributed by atoms with E-state index in [1.165, 1.54) is 16.5 Å². The van der Waals surface area contributed by atoms with Crippen molar-refractivity contribution >= 4 is 28.1 Å². The predicted octanol–water partition coefficient (Wildman–Crippen LogP) is 2.90. The first-order valence-electron chi connectivity index (χ1n) is 8.30. The monoisotopic (exact) mass is 355 g/mol. The van der Waals surface area contributed by atoms with Gasteiger partial charge in [0.05, 0.1) is 17.2 Å². The summed E-state index contributed by atoms with van der Waals surface area (Å²) in [4.78, 5) is 29.0. The summed E-state index contributed by atoms with van der Waals surface area (Å²) < 4.78 is 1.50. The summed E-state index contributed by atoms with van der Waals surface area (Å²) in [6.07, 6.45) is 2.60. The normalized spacial score (nSPS) is 12.2. The van der Waals surface area contributed by atoms with E-state index in [4.69, 9.17) is 0 Å². The summed E-state index contributed by atoms with van der Waals surface area (Å²) in [5.41, 5.74) is 2.82. The van der Waals surface area contributed by atoms with Crippen LogP contribution < -0.4 is 10.9 Å². The Morgan fingerprint density at radius 2 is 2.20 bits per heavy atom. The van der Waals surface area contributed by atoms with Gasteiger partial charge in [0.2, 0.25) is 5.91 Å². The molecule has 3 rings (SSSR count). The minimum Gasteiger partial charge on any atom is -0.353 e. The highest BCUT2D eigenvalue weighted by Gasteiger charge is 2.10. The number of carbonyl (C=O) groups excluding carboxylic acids is 1. The number of rotatable bonds is 6. The molecule has 1 amide bonds. The molecule has 1 N–H and O–H groups in total. The largest absolute Gasteiger partial charge is 0.353 e. The second-order valence-electron chi connectivity index (χ2n) is 6.27. The van der Waals surface area contributed by atoms with Crippen LogP contribution in [-0.2, 0) is 17.8 Å². The number of benzene rings is 1. The van der Waals surface area contributed by atoms with Crippen LogP contribution in [-0.4, -0.2) is 21.5 Å². The van der Waals surface area contributed by atoms with E-state index in [0.29, 0.717) is 11.9 Å². The summed E-state index contributed by atoms with van der Waals surface area (Å²) in [5, 5.41) is 7.70. The van der Waals surface area contributed by atoms with Crippen LogP contribution >= 0.6 is 11.3 Å². The van der Waals surface area contributed by atoms with Crippen molar-refractivity contribution < 1.29 is 4.79 Å². The molecule has 1 aromatic carbocycles. The Morgan fingerprint density at radius 1 is 1.36 bits per heavy atom. The van der Waals surface area contributed by atoms with Crippen molar-refractivity contribution in [1.82, 2.24) is 14.9 Å². The lowest BCUT2D eigenvalue weighted by Crippen LogP contribution is -2.35. The van der Waals surface area contributed by atoms with Gasteiger partial charge in [-0.1, -0.05) is 12.1 Å². The third kappa shape index (κ3) is 4.14. The zero-order valence-electron chi connectivity index (χ0n) is 14.4. The number of nitrogens with zero attached hydrogens (tertiary/aromatic N) is 2. The van der Waals surface area contributed by atoms with E-state index in [2.05, 4.69) is 21.7 Å². The number of aryl methyl sites for hydroxylation is 2. The number of carbonyl (C=O) groups is 1. The van der Waals surface area contributed by atoms with Gasteiger partial charge in [-0.2, -0.15) is 11.3 Å². The van der Waals surface area contributed by atoms with E-state index in [9.17, 15) is 9.59 Å². The van der Waals surface area contributed by atoms with Crippen molar-refractivity contribution in [3.8, 4) is 0 Å². The molecule has 6 heteroatoms. The molecule has 0 saturated heterocycles. The van der Waals surface area contributed by atoms with E-state index in [-0.39, 0.29) is 23.9 Å². The van der Waals surface area contributed by atoms with Crippen molar-refractivity contribution in [2.45, 2.75) is 39.3 Å². The molecule has 0 saturated carbocycles. The SMILES string of the molecule is Cc1cccc2c(=O)n(CCC(=O)NC(C)Cc3ccsc3)cnc12. The number of amides is 1. The first-order valence-corrected chi connectivity index (χ1v) is 9.24. The quantitative estimate of drug-likeness (QED) is 0.739. The Balaban J connectivity index is 1.61. The minimum atomic E-state index is -0.104. The second kappa shape index (κ2) is 7.61. The number of aromatic nitrogens is 2.